The third-order valence-electron chi connectivity index (χ3n) is 5.29. The fraction of sp³-hybridized carbons (Fsp3) is 0.333. The Kier molecular flexibility index (Phi) is 5.14. The fourth-order valence-electron chi connectivity index (χ4n) is 3.79. The molecule has 2 heterocycles. The van der Waals surface area contributed by atoms with Gasteiger partial charge in [-0.05, 0) is 23.3 Å². The third kappa shape index (κ3) is 3.93. The van der Waals surface area contributed by atoms with Crippen molar-refractivity contribution < 1.29 is 14.0 Å². The summed E-state index contributed by atoms with van der Waals surface area (Å²) in [4.78, 5) is 30.5. The Balaban J connectivity index is 1.32. The van der Waals surface area contributed by atoms with Crippen LogP contribution in [0.5, 0.6) is 0 Å². The van der Waals surface area contributed by atoms with Crippen LogP contribution in [-0.2, 0) is 13.1 Å². The van der Waals surface area contributed by atoms with Gasteiger partial charge in [-0.15, -0.1) is 0 Å². The first kappa shape index (κ1) is 18.3. The van der Waals surface area contributed by atoms with Gasteiger partial charge < -0.3 is 20.0 Å². The first-order chi connectivity index (χ1) is 13.6. The lowest BCUT2D eigenvalue weighted by Crippen LogP contribution is -2.55. The zero-order valence-corrected chi connectivity index (χ0v) is 15.6. The van der Waals surface area contributed by atoms with Gasteiger partial charge in [0, 0.05) is 39.3 Å². The molecule has 2 fully saturated rings. The number of fused-ring (bicyclic) bond motifs is 1. The number of carbonyl (C=O) groups is 2. The monoisotopic (exact) mass is 382 g/mol. The highest BCUT2D eigenvalue weighted by atomic mass is 19.1. The largest absolute Gasteiger partial charge is 0.334 e. The molecule has 0 saturated carbocycles. The molecular weight excluding hydrogens is 359 g/mol. The molecule has 0 radical (unpaired) electrons. The highest BCUT2D eigenvalue weighted by molar-refractivity contribution is 5.79. The highest BCUT2D eigenvalue weighted by Crippen LogP contribution is 2.22. The molecule has 0 spiro atoms. The van der Waals surface area contributed by atoms with E-state index in [2.05, 4.69) is 5.32 Å². The first-order valence-electron chi connectivity index (χ1n) is 9.47. The Labute approximate surface area is 163 Å². The predicted octanol–water partition coefficient (Wildman–Crippen LogP) is 2.66. The molecule has 0 aromatic heterocycles. The average Bonchev–Trinajstić information content (AvgIpc) is 3.03. The van der Waals surface area contributed by atoms with Gasteiger partial charge in [-0.3, -0.25) is 0 Å². The van der Waals surface area contributed by atoms with E-state index in [1.54, 1.807) is 21.9 Å². The number of nitrogens with zero attached hydrogens (tertiary/aromatic N) is 3. The summed E-state index contributed by atoms with van der Waals surface area (Å²) in [6.45, 7) is 3.08. The van der Waals surface area contributed by atoms with Gasteiger partial charge in [0.1, 0.15) is 5.82 Å². The summed E-state index contributed by atoms with van der Waals surface area (Å²) in [6, 6.07) is 15.9. The van der Waals surface area contributed by atoms with Crippen LogP contribution in [0.2, 0.25) is 0 Å². The quantitative estimate of drug-likeness (QED) is 0.884. The van der Waals surface area contributed by atoms with E-state index >= 15 is 0 Å². The van der Waals surface area contributed by atoms with Crippen molar-refractivity contribution in [2.75, 3.05) is 26.2 Å². The summed E-state index contributed by atoms with van der Waals surface area (Å²) in [5, 5.41) is 2.95. The van der Waals surface area contributed by atoms with Gasteiger partial charge in [0.15, 0.2) is 0 Å². The fourth-order valence-corrected chi connectivity index (χ4v) is 3.79. The van der Waals surface area contributed by atoms with Crippen molar-refractivity contribution in [3.8, 4) is 0 Å². The molecule has 2 aliphatic heterocycles. The molecule has 0 aliphatic carbocycles. The molecule has 7 heteroatoms. The van der Waals surface area contributed by atoms with E-state index in [1.165, 1.54) is 12.1 Å². The molecule has 1 atom stereocenters. The van der Waals surface area contributed by atoms with Crippen LogP contribution in [0.25, 0.3) is 0 Å². The van der Waals surface area contributed by atoms with Crippen LogP contribution < -0.4 is 5.32 Å². The average molecular weight is 382 g/mol. The van der Waals surface area contributed by atoms with Crippen molar-refractivity contribution in [2.45, 2.75) is 19.1 Å². The normalized spacial score (nSPS) is 19.0. The van der Waals surface area contributed by atoms with E-state index in [1.807, 2.05) is 35.2 Å². The van der Waals surface area contributed by atoms with Gasteiger partial charge in [0.2, 0.25) is 0 Å². The van der Waals surface area contributed by atoms with Crippen LogP contribution in [0.15, 0.2) is 54.6 Å². The minimum Gasteiger partial charge on any atom is -0.334 e. The summed E-state index contributed by atoms with van der Waals surface area (Å²) in [7, 11) is 0. The van der Waals surface area contributed by atoms with Gasteiger partial charge in [0.05, 0.1) is 6.04 Å². The Morgan fingerprint density at radius 1 is 1.00 bits per heavy atom. The molecule has 0 bridgehead atoms. The first-order valence-corrected chi connectivity index (χ1v) is 9.47. The van der Waals surface area contributed by atoms with Gasteiger partial charge >= 0.3 is 12.1 Å². The minimum absolute atomic E-state index is 0.0100. The second kappa shape index (κ2) is 7.88. The van der Waals surface area contributed by atoms with E-state index < -0.39 is 0 Å². The summed E-state index contributed by atoms with van der Waals surface area (Å²) in [6.07, 6.45) is 0. The zero-order valence-electron chi connectivity index (χ0n) is 15.6. The van der Waals surface area contributed by atoms with Crippen LogP contribution in [0, 0.1) is 5.82 Å². The topological polar surface area (TPSA) is 55.9 Å². The smallest absolute Gasteiger partial charge is 0.320 e. The molecule has 146 valence electrons. The lowest BCUT2D eigenvalue weighted by molar-refractivity contribution is 0.129. The van der Waals surface area contributed by atoms with Crippen molar-refractivity contribution >= 4 is 12.1 Å². The number of carbonyl (C=O) groups excluding carboxylic acids is 2. The lowest BCUT2D eigenvalue weighted by Gasteiger charge is -2.36. The second-order valence-electron chi connectivity index (χ2n) is 7.23. The van der Waals surface area contributed by atoms with Gasteiger partial charge in [-0.25, -0.2) is 14.0 Å². The molecular formula is C21H23FN4O2. The van der Waals surface area contributed by atoms with E-state index in [-0.39, 0.29) is 23.9 Å². The van der Waals surface area contributed by atoms with Crippen molar-refractivity contribution in [1.29, 1.82) is 0 Å². The standard InChI is InChI=1S/C21H23FN4O2/c22-18-8-6-17(7-9-18)13-25-15-19-14-24(10-11-26(19)21(25)28)20(27)23-12-16-4-2-1-3-5-16/h1-9,19H,10-15H2,(H,23,27)/t19-/m1/s1. The van der Waals surface area contributed by atoms with Crippen molar-refractivity contribution in [2.24, 2.45) is 0 Å². The molecule has 2 aliphatic rings. The van der Waals surface area contributed by atoms with Crippen molar-refractivity contribution in [1.82, 2.24) is 20.0 Å². The zero-order chi connectivity index (χ0) is 19.5. The Bertz CT molecular complexity index is 843. The maximum atomic E-state index is 13.1. The SMILES string of the molecule is O=C(NCc1ccccc1)N1CCN2C(=O)N(Cc3ccc(F)cc3)C[C@H]2C1. The maximum absolute atomic E-state index is 13.1. The summed E-state index contributed by atoms with van der Waals surface area (Å²) in [5.74, 6) is -0.286. The number of piperazine rings is 1. The predicted molar refractivity (Wildman–Crippen MR) is 103 cm³/mol. The molecule has 2 aromatic carbocycles. The molecule has 4 rings (SSSR count). The number of urea groups is 2. The van der Waals surface area contributed by atoms with Gasteiger partial charge in [-0.2, -0.15) is 0 Å². The highest BCUT2D eigenvalue weighted by Gasteiger charge is 2.41. The number of halogens is 1. The molecule has 4 amide bonds. The maximum Gasteiger partial charge on any atom is 0.320 e. The van der Waals surface area contributed by atoms with Crippen LogP contribution in [-0.4, -0.2) is 59.0 Å². The van der Waals surface area contributed by atoms with E-state index in [4.69, 9.17) is 0 Å². The molecule has 2 saturated heterocycles. The van der Waals surface area contributed by atoms with Crippen LogP contribution in [0.3, 0.4) is 0 Å². The molecule has 2 aromatic rings. The summed E-state index contributed by atoms with van der Waals surface area (Å²) < 4.78 is 13.1. The van der Waals surface area contributed by atoms with Crippen LogP contribution in [0.1, 0.15) is 11.1 Å². The lowest BCUT2D eigenvalue weighted by atomic mass is 10.2. The minimum atomic E-state index is -0.286. The van der Waals surface area contributed by atoms with Gasteiger partial charge in [-0.1, -0.05) is 42.5 Å². The molecule has 0 unspecified atom stereocenters. The van der Waals surface area contributed by atoms with E-state index in [9.17, 15) is 14.0 Å². The second-order valence-corrected chi connectivity index (χ2v) is 7.23. The number of hydrogen-bond acceptors (Lipinski definition) is 2. The number of rotatable bonds is 4. The van der Waals surface area contributed by atoms with E-state index in [0.717, 1.165) is 11.1 Å². The summed E-state index contributed by atoms with van der Waals surface area (Å²) >= 11 is 0. The Morgan fingerprint density at radius 3 is 2.50 bits per heavy atom. The summed E-state index contributed by atoms with van der Waals surface area (Å²) in [5.41, 5.74) is 1.95. The molecule has 28 heavy (non-hydrogen) atoms. The van der Waals surface area contributed by atoms with Crippen LogP contribution >= 0.6 is 0 Å². The van der Waals surface area contributed by atoms with Gasteiger partial charge in [0.25, 0.3) is 0 Å². The van der Waals surface area contributed by atoms with E-state index in [0.29, 0.717) is 39.3 Å². The van der Waals surface area contributed by atoms with Crippen molar-refractivity contribution in [3.05, 3.63) is 71.5 Å². The third-order valence-corrected chi connectivity index (χ3v) is 5.29. The number of benzene rings is 2. The van der Waals surface area contributed by atoms with Crippen molar-refractivity contribution in [3.63, 3.8) is 0 Å². The Hall–Kier alpha value is -3.09. The van der Waals surface area contributed by atoms with Crippen LogP contribution in [0.4, 0.5) is 14.0 Å². The number of nitrogens with one attached hydrogen (secondary N) is 1. The molecule has 6 nitrogen and oxygen atoms in total. The Morgan fingerprint density at radius 2 is 1.75 bits per heavy atom. The number of amides is 4. The number of hydrogen-bond donors (Lipinski definition) is 1. The molecule has 1 N–H and O–H groups in total.